The third-order valence-corrected chi connectivity index (χ3v) is 6.15. The van der Waals surface area contributed by atoms with Gasteiger partial charge in [0.15, 0.2) is 0 Å². The number of hydrogen-bond donors (Lipinski definition) is 1. The van der Waals surface area contributed by atoms with Crippen LogP contribution in [-0.4, -0.2) is 20.1 Å². The van der Waals surface area contributed by atoms with Gasteiger partial charge in [-0.25, -0.2) is 4.79 Å². The van der Waals surface area contributed by atoms with Crippen molar-refractivity contribution in [2.24, 2.45) is 0 Å². The lowest BCUT2D eigenvalue weighted by molar-refractivity contribution is -0.137. The smallest absolute Gasteiger partial charge is 0.378 e. The number of nitrogens with one attached hydrogen (secondary N) is 1. The van der Waals surface area contributed by atoms with E-state index < -0.39 is 17.8 Å². The number of urea groups is 1. The number of amides is 2. The average Bonchev–Trinajstić information content (AvgIpc) is 2.82. The van der Waals surface area contributed by atoms with E-state index in [4.69, 9.17) is 0 Å². The lowest BCUT2D eigenvalue weighted by atomic mass is 9.93. The maximum atomic E-state index is 13.7. The minimum Gasteiger partial charge on any atom is -0.378 e. The zero-order valence-corrected chi connectivity index (χ0v) is 21.6. The molecule has 1 N–H and O–H groups in total. The number of rotatable bonds is 7. The Hall–Kier alpha value is -3.48. The highest BCUT2D eigenvalue weighted by Crippen LogP contribution is 2.34. The minimum atomic E-state index is -4.45. The van der Waals surface area contributed by atoms with Crippen molar-refractivity contribution in [2.75, 3.05) is 29.2 Å². The maximum Gasteiger partial charge on any atom is 0.416 e. The quantitative estimate of drug-likeness (QED) is 0.357. The molecule has 192 valence electrons. The van der Waals surface area contributed by atoms with Gasteiger partial charge < -0.3 is 10.2 Å². The van der Waals surface area contributed by atoms with Gasteiger partial charge >= 0.3 is 12.2 Å². The molecule has 0 saturated heterocycles. The monoisotopic (exact) mass is 497 g/mol. The van der Waals surface area contributed by atoms with Crippen LogP contribution in [0.2, 0.25) is 0 Å². The first-order chi connectivity index (χ1) is 16.9. The highest BCUT2D eigenvalue weighted by Gasteiger charge is 2.30. The van der Waals surface area contributed by atoms with Crippen LogP contribution in [0.1, 0.15) is 61.8 Å². The van der Waals surface area contributed by atoms with Gasteiger partial charge in [-0.3, -0.25) is 4.90 Å². The molecule has 0 unspecified atom stereocenters. The molecule has 0 aliphatic rings. The SMILES string of the molecule is CC(C)c1cccc(C(C)C)c1NC(=O)N(Cc1ccc(N(C)C)cc1)c1ccc(C(F)(F)F)cc1. The zero-order chi connectivity index (χ0) is 26.6. The van der Waals surface area contributed by atoms with E-state index in [-0.39, 0.29) is 18.4 Å². The summed E-state index contributed by atoms with van der Waals surface area (Å²) in [6, 6.07) is 18.0. The minimum absolute atomic E-state index is 0.178. The van der Waals surface area contributed by atoms with Gasteiger partial charge in [0.25, 0.3) is 0 Å². The van der Waals surface area contributed by atoms with E-state index in [2.05, 4.69) is 33.0 Å². The first-order valence-electron chi connectivity index (χ1n) is 12.0. The number of anilines is 3. The molecule has 3 aromatic rings. The molecule has 0 aromatic heterocycles. The van der Waals surface area contributed by atoms with Gasteiger partial charge in [-0.05, 0) is 64.9 Å². The molecule has 3 rings (SSSR count). The molecule has 0 aliphatic carbocycles. The summed E-state index contributed by atoms with van der Waals surface area (Å²) >= 11 is 0. The molecule has 0 atom stereocenters. The Balaban J connectivity index is 2.01. The van der Waals surface area contributed by atoms with Crippen molar-refractivity contribution in [3.8, 4) is 0 Å². The van der Waals surface area contributed by atoms with E-state index >= 15 is 0 Å². The van der Waals surface area contributed by atoms with Gasteiger partial charge in [-0.2, -0.15) is 13.2 Å². The van der Waals surface area contributed by atoms with E-state index in [0.717, 1.165) is 40.2 Å². The fraction of sp³-hybridized carbons (Fsp3) is 0.345. The maximum absolute atomic E-state index is 13.7. The molecule has 4 nitrogen and oxygen atoms in total. The van der Waals surface area contributed by atoms with Crippen LogP contribution < -0.4 is 15.1 Å². The predicted molar refractivity (Wildman–Crippen MR) is 142 cm³/mol. The molecule has 36 heavy (non-hydrogen) atoms. The summed E-state index contributed by atoms with van der Waals surface area (Å²) in [4.78, 5) is 17.2. The van der Waals surface area contributed by atoms with Crippen molar-refractivity contribution in [2.45, 2.75) is 52.3 Å². The molecule has 0 spiro atoms. The summed E-state index contributed by atoms with van der Waals surface area (Å²) in [6.45, 7) is 8.46. The molecule has 0 radical (unpaired) electrons. The molecular formula is C29H34F3N3O. The van der Waals surface area contributed by atoms with Gasteiger partial charge in [-0.15, -0.1) is 0 Å². The van der Waals surface area contributed by atoms with Crippen molar-refractivity contribution in [1.29, 1.82) is 0 Å². The summed E-state index contributed by atoms with van der Waals surface area (Å²) in [5.41, 5.74) is 4.27. The molecular weight excluding hydrogens is 463 g/mol. The number of nitrogens with zero attached hydrogens (tertiary/aromatic N) is 2. The summed E-state index contributed by atoms with van der Waals surface area (Å²) in [6.07, 6.45) is -4.45. The van der Waals surface area contributed by atoms with Crippen LogP contribution in [0.4, 0.5) is 35.0 Å². The standard InChI is InChI=1S/C29H34F3N3O/c1-19(2)25-8-7-9-26(20(3)4)27(25)33-28(36)35(18-21-10-14-23(15-11-21)34(5)6)24-16-12-22(13-17-24)29(30,31)32/h7-17,19-20H,18H2,1-6H3,(H,33,36). The second-order valence-corrected chi connectivity index (χ2v) is 9.74. The molecule has 0 bridgehead atoms. The number of carbonyl (C=O) groups excluding carboxylic acids is 1. The predicted octanol–water partition coefficient (Wildman–Crippen LogP) is 8.26. The van der Waals surface area contributed by atoms with Crippen LogP contribution >= 0.6 is 0 Å². The lowest BCUT2D eigenvalue weighted by Crippen LogP contribution is -2.35. The zero-order valence-electron chi connectivity index (χ0n) is 21.6. The topological polar surface area (TPSA) is 35.6 Å². The molecule has 0 saturated carbocycles. The molecule has 2 amide bonds. The Morgan fingerprint density at radius 3 is 1.75 bits per heavy atom. The molecule has 0 fully saturated rings. The Bertz CT molecular complexity index is 1140. The second-order valence-electron chi connectivity index (χ2n) is 9.74. The van der Waals surface area contributed by atoms with Crippen molar-refractivity contribution in [3.63, 3.8) is 0 Å². The average molecular weight is 498 g/mol. The Morgan fingerprint density at radius 2 is 1.31 bits per heavy atom. The molecule has 0 aliphatic heterocycles. The Kier molecular flexibility index (Phi) is 8.33. The fourth-order valence-electron chi connectivity index (χ4n) is 4.06. The molecule has 7 heteroatoms. The highest BCUT2D eigenvalue weighted by molar-refractivity contribution is 6.02. The van der Waals surface area contributed by atoms with Crippen LogP contribution in [0.5, 0.6) is 0 Å². The summed E-state index contributed by atoms with van der Waals surface area (Å²) in [5, 5.41) is 3.09. The molecule has 3 aromatic carbocycles. The van der Waals surface area contributed by atoms with Crippen molar-refractivity contribution in [1.82, 2.24) is 0 Å². The molecule has 0 heterocycles. The first kappa shape index (κ1) is 27.1. The number of benzene rings is 3. The normalized spacial score (nSPS) is 11.6. The van der Waals surface area contributed by atoms with E-state index in [9.17, 15) is 18.0 Å². The summed E-state index contributed by atoms with van der Waals surface area (Å²) in [7, 11) is 3.88. The second kappa shape index (κ2) is 11.1. The third kappa shape index (κ3) is 6.39. The van der Waals surface area contributed by atoms with Gasteiger partial charge in [0.05, 0.1) is 12.1 Å². The van der Waals surface area contributed by atoms with Crippen molar-refractivity contribution >= 4 is 23.1 Å². The third-order valence-electron chi connectivity index (χ3n) is 6.15. The van der Waals surface area contributed by atoms with Crippen molar-refractivity contribution in [3.05, 3.63) is 89.0 Å². The van der Waals surface area contributed by atoms with Crippen LogP contribution in [-0.2, 0) is 12.7 Å². The van der Waals surface area contributed by atoms with E-state index in [1.807, 2.05) is 61.5 Å². The van der Waals surface area contributed by atoms with E-state index in [1.54, 1.807) is 0 Å². The number of alkyl halides is 3. The first-order valence-corrected chi connectivity index (χ1v) is 12.0. The van der Waals surface area contributed by atoms with Gasteiger partial charge in [0, 0.05) is 31.2 Å². The van der Waals surface area contributed by atoms with Crippen LogP contribution in [0.3, 0.4) is 0 Å². The Labute approximate surface area is 211 Å². The van der Waals surface area contributed by atoms with E-state index in [1.165, 1.54) is 17.0 Å². The highest BCUT2D eigenvalue weighted by atomic mass is 19.4. The van der Waals surface area contributed by atoms with Crippen LogP contribution in [0.25, 0.3) is 0 Å². The van der Waals surface area contributed by atoms with Crippen LogP contribution in [0.15, 0.2) is 66.7 Å². The number of halogens is 3. The van der Waals surface area contributed by atoms with Crippen LogP contribution in [0, 0.1) is 0 Å². The van der Waals surface area contributed by atoms with Gasteiger partial charge in [0.2, 0.25) is 0 Å². The summed E-state index contributed by atoms with van der Waals surface area (Å²) in [5.74, 6) is 0.356. The van der Waals surface area contributed by atoms with Gasteiger partial charge in [-0.1, -0.05) is 58.0 Å². The largest absolute Gasteiger partial charge is 0.416 e. The number of hydrogen-bond acceptors (Lipinski definition) is 2. The fourth-order valence-corrected chi connectivity index (χ4v) is 4.06. The van der Waals surface area contributed by atoms with Gasteiger partial charge in [0.1, 0.15) is 0 Å². The summed E-state index contributed by atoms with van der Waals surface area (Å²) < 4.78 is 39.5. The van der Waals surface area contributed by atoms with E-state index in [0.29, 0.717) is 5.69 Å². The van der Waals surface area contributed by atoms with Crippen molar-refractivity contribution < 1.29 is 18.0 Å². The number of carbonyl (C=O) groups is 1. The Morgan fingerprint density at radius 1 is 0.806 bits per heavy atom. The number of para-hydroxylation sites is 1. The lowest BCUT2D eigenvalue weighted by Gasteiger charge is -2.27.